The van der Waals surface area contributed by atoms with Gasteiger partial charge in [0, 0.05) is 6.20 Å². The number of alkyl halides is 3. The number of hydrogen-bond acceptors (Lipinski definition) is 4. The minimum atomic E-state index is -5.01. The van der Waals surface area contributed by atoms with Gasteiger partial charge in [-0.2, -0.15) is 18.4 Å². The minimum Gasteiger partial charge on any atom is -0.479 e. The third kappa shape index (κ3) is 2.51. The Balaban J connectivity index is 3.13. The Morgan fingerprint density at radius 3 is 2.61 bits per heavy atom. The lowest BCUT2D eigenvalue weighted by atomic mass is 10.0. The van der Waals surface area contributed by atoms with E-state index < -0.39 is 17.7 Å². The van der Waals surface area contributed by atoms with Crippen molar-refractivity contribution in [3.8, 4) is 6.07 Å². The van der Waals surface area contributed by atoms with Gasteiger partial charge in [0.1, 0.15) is 5.82 Å². The van der Waals surface area contributed by atoms with Gasteiger partial charge in [-0.05, 0) is 19.1 Å². The molecular formula is C10H8F3N3O2. The lowest BCUT2D eigenvalue weighted by molar-refractivity contribution is -0.192. The average Bonchev–Trinajstić information content (AvgIpc) is 2.27. The number of carboxylic acid groups (broad SMARTS) is 1. The van der Waals surface area contributed by atoms with Gasteiger partial charge in [-0.25, -0.2) is 9.78 Å². The van der Waals surface area contributed by atoms with Crippen molar-refractivity contribution in [2.24, 2.45) is 0 Å². The maximum Gasteiger partial charge on any atom is 0.422 e. The van der Waals surface area contributed by atoms with Gasteiger partial charge in [0.25, 0.3) is 0 Å². The number of hydrogen-bond donors (Lipinski definition) is 2. The van der Waals surface area contributed by atoms with E-state index in [-0.39, 0.29) is 11.4 Å². The number of rotatable bonds is 3. The largest absolute Gasteiger partial charge is 0.479 e. The van der Waals surface area contributed by atoms with Gasteiger partial charge in [0.15, 0.2) is 0 Å². The van der Waals surface area contributed by atoms with Crippen molar-refractivity contribution in [2.75, 3.05) is 5.32 Å². The summed E-state index contributed by atoms with van der Waals surface area (Å²) in [7, 11) is 0. The van der Waals surface area contributed by atoms with E-state index in [1.54, 1.807) is 11.4 Å². The van der Waals surface area contributed by atoms with Gasteiger partial charge < -0.3 is 10.4 Å². The SMILES string of the molecule is CC(Nc1cc(C#N)ccn1)(C(=O)O)C(F)(F)F. The minimum absolute atomic E-state index is 0.0717. The number of pyridine rings is 1. The predicted octanol–water partition coefficient (Wildman–Crippen LogP) is 1.77. The number of aromatic nitrogens is 1. The molecule has 5 nitrogen and oxygen atoms in total. The first-order valence-corrected chi connectivity index (χ1v) is 4.65. The summed E-state index contributed by atoms with van der Waals surface area (Å²) in [5.41, 5.74) is -3.10. The number of nitrogens with zero attached hydrogens (tertiary/aromatic N) is 2. The number of anilines is 1. The van der Waals surface area contributed by atoms with Crippen molar-refractivity contribution in [3.05, 3.63) is 23.9 Å². The molecule has 0 aliphatic carbocycles. The smallest absolute Gasteiger partial charge is 0.422 e. The van der Waals surface area contributed by atoms with Gasteiger partial charge in [-0.3, -0.25) is 0 Å². The Labute approximate surface area is 99.9 Å². The Kier molecular flexibility index (Phi) is 3.46. The molecule has 0 spiro atoms. The number of nitriles is 1. The third-order valence-corrected chi connectivity index (χ3v) is 2.26. The molecule has 0 bridgehead atoms. The standard InChI is InChI=1S/C10H8F3N3O2/c1-9(8(17)18,10(11,12)13)16-7-4-6(5-14)2-3-15-7/h2-4H,1H3,(H,15,16)(H,17,18). The van der Waals surface area contributed by atoms with Gasteiger partial charge in [0.05, 0.1) is 11.6 Å². The highest BCUT2D eigenvalue weighted by Gasteiger charge is 2.57. The highest BCUT2D eigenvalue weighted by atomic mass is 19.4. The van der Waals surface area contributed by atoms with E-state index in [1.807, 2.05) is 0 Å². The summed E-state index contributed by atoms with van der Waals surface area (Å²) in [6.07, 6.45) is -3.90. The average molecular weight is 259 g/mol. The van der Waals surface area contributed by atoms with E-state index in [4.69, 9.17) is 10.4 Å². The van der Waals surface area contributed by atoms with Crippen LogP contribution in [-0.4, -0.2) is 27.8 Å². The molecule has 1 rings (SSSR count). The molecule has 0 fully saturated rings. The first-order valence-electron chi connectivity index (χ1n) is 4.65. The van der Waals surface area contributed by atoms with E-state index >= 15 is 0 Å². The quantitative estimate of drug-likeness (QED) is 0.863. The summed E-state index contributed by atoms with van der Waals surface area (Å²) < 4.78 is 38.1. The second-order valence-electron chi connectivity index (χ2n) is 3.59. The molecule has 0 aliphatic rings. The molecule has 8 heteroatoms. The van der Waals surface area contributed by atoms with E-state index in [0.717, 1.165) is 12.3 Å². The second kappa shape index (κ2) is 4.52. The molecular weight excluding hydrogens is 251 g/mol. The number of aliphatic carboxylic acids is 1. The van der Waals surface area contributed by atoms with Crippen molar-refractivity contribution in [1.82, 2.24) is 4.98 Å². The Bertz CT molecular complexity index is 510. The van der Waals surface area contributed by atoms with Crippen LogP contribution in [0.4, 0.5) is 19.0 Å². The Hall–Kier alpha value is -2.30. The molecule has 0 amide bonds. The molecule has 0 saturated carbocycles. The zero-order chi connectivity index (χ0) is 14.0. The van der Waals surface area contributed by atoms with Crippen LogP contribution < -0.4 is 5.32 Å². The fourth-order valence-corrected chi connectivity index (χ4v) is 1.07. The first-order chi connectivity index (χ1) is 8.20. The van der Waals surface area contributed by atoms with Crippen LogP contribution in [0.15, 0.2) is 18.3 Å². The zero-order valence-corrected chi connectivity index (χ0v) is 9.12. The van der Waals surface area contributed by atoms with Crippen LogP contribution in [0.3, 0.4) is 0 Å². The van der Waals surface area contributed by atoms with Crippen LogP contribution in [0.1, 0.15) is 12.5 Å². The van der Waals surface area contributed by atoms with Crippen LogP contribution in [0, 0.1) is 11.3 Å². The van der Waals surface area contributed by atoms with Crippen molar-refractivity contribution in [1.29, 1.82) is 5.26 Å². The molecule has 96 valence electrons. The van der Waals surface area contributed by atoms with Crippen LogP contribution in [-0.2, 0) is 4.79 Å². The van der Waals surface area contributed by atoms with Crippen molar-refractivity contribution in [3.63, 3.8) is 0 Å². The van der Waals surface area contributed by atoms with E-state index in [0.29, 0.717) is 6.92 Å². The number of carboxylic acids is 1. The topological polar surface area (TPSA) is 86.0 Å². The van der Waals surface area contributed by atoms with Crippen LogP contribution in [0.25, 0.3) is 0 Å². The second-order valence-corrected chi connectivity index (χ2v) is 3.59. The van der Waals surface area contributed by atoms with Crippen LogP contribution in [0.5, 0.6) is 0 Å². The normalized spacial score (nSPS) is 14.4. The summed E-state index contributed by atoms with van der Waals surface area (Å²) in [6.45, 7) is 0.482. The molecule has 0 aliphatic heterocycles. The number of halogens is 3. The predicted molar refractivity (Wildman–Crippen MR) is 54.7 cm³/mol. The lowest BCUT2D eigenvalue weighted by Gasteiger charge is -2.28. The summed E-state index contributed by atoms with van der Waals surface area (Å²) in [5.74, 6) is -2.42. The van der Waals surface area contributed by atoms with Gasteiger partial charge in [-0.1, -0.05) is 0 Å². The van der Waals surface area contributed by atoms with E-state index in [1.165, 1.54) is 6.07 Å². The molecule has 18 heavy (non-hydrogen) atoms. The summed E-state index contributed by atoms with van der Waals surface area (Å²) in [5, 5.41) is 19.0. The van der Waals surface area contributed by atoms with E-state index in [2.05, 4.69) is 4.98 Å². The molecule has 1 aromatic heterocycles. The summed E-state index contributed by atoms with van der Waals surface area (Å²) in [4.78, 5) is 14.3. The highest BCUT2D eigenvalue weighted by molar-refractivity contribution is 5.83. The van der Waals surface area contributed by atoms with Crippen molar-refractivity contribution >= 4 is 11.8 Å². The van der Waals surface area contributed by atoms with Gasteiger partial charge in [0.2, 0.25) is 5.54 Å². The van der Waals surface area contributed by atoms with Crippen LogP contribution >= 0.6 is 0 Å². The Morgan fingerprint density at radius 1 is 1.56 bits per heavy atom. The molecule has 0 radical (unpaired) electrons. The zero-order valence-electron chi connectivity index (χ0n) is 9.12. The number of carbonyl (C=O) groups is 1. The molecule has 1 unspecified atom stereocenters. The number of nitrogens with one attached hydrogen (secondary N) is 1. The summed E-state index contributed by atoms with van der Waals surface area (Å²) >= 11 is 0. The molecule has 1 heterocycles. The van der Waals surface area contributed by atoms with E-state index in [9.17, 15) is 18.0 Å². The molecule has 1 aromatic rings. The third-order valence-electron chi connectivity index (χ3n) is 2.26. The first kappa shape index (κ1) is 13.8. The maximum atomic E-state index is 12.7. The van der Waals surface area contributed by atoms with Crippen molar-refractivity contribution < 1.29 is 23.1 Å². The van der Waals surface area contributed by atoms with Gasteiger partial charge >= 0.3 is 12.1 Å². The fourth-order valence-electron chi connectivity index (χ4n) is 1.07. The van der Waals surface area contributed by atoms with Gasteiger partial charge in [-0.15, -0.1) is 0 Å². The Morgan fingerprint density at radius 2 is 2.17 bits per heavy atom. The molecule has 0 saturated heterocycles. The van der Waals surface area contributed by atoms with Crippen LogP contribution in [0.2, 0.25) is 0 Å². The molecule has 2 N–H and O–H groups in total. The molecule has 1 atom stereocenters. The maximum absolute atomic E-state index is 12.7. The monoisotopic (exact) mass is 259 g/mol. The fraction of sp³-hybridized carbons (Fsp3) is 0.300. The highest BCUT2D eigenvalue weighted by Crippen LogP contribution is 2.33. The molecule has 0 aromatic carbocycles. The summed E-state index contributed by atoms with van der Waals surface area (Å²) in [6, 6.07) is 4.04. The van der Waals surface area contributed by atoms with Crippen molar-refractivity contribution in [2.45, 2.75) is 18.6 Å². The lowest BCUT2D eigenvalue weighted by Crippen LogP contribution is -2.55.